The average Bonchev–Trinajstić information content (AvgIpc) is 2.67. The summed E-state index contributed by atoms with van der Waals surface area (Å²) in [6.45, 7) is 12.8. The summed E-state index contributed by atoms with van der Waals surface area (Å²) in [5, 5.41) is 7.38. The Balaban J connectivity index is 2.28. The van der Waals surface area contributed by atoms with Crippen molar-refractivity contribution in [2.75, 3.05) is 19.6 Å². The van der Waals surface area contributed by atoms with E-state index >= 15 is 0 Å². The van der Waals surface area contributed by atoms with E-state index < -0.39 is 0 Å². The summed E-state index contributed by atoms with van der Waals surface area (Å²) < 4.78 is 0. The van der Waals surface area contributed by atoms with E-state index in [-0.39, 0.29) is 0 Å². The molecule has 0 saturated carbocycles. The van der Waals surface area contributed by atoms with Crippen LogP contribution >= 0.6 is 0 Å². The molecule has 0 aromatic rings. The first-order valence-corrected chi connectivity index (χ1v) is 7.05. The summed E-state index contributed by atoms with van der Waals surface area (Å²) in [4.78, 5) is 0. The summed E-state index contributed by atoms with van der Waals surface area (Å²) in [7, 11) is 0. The molecule has 0 spiro atoms. The third kappa shape index (κ3) is 4.06. The van der Waals surface area contributed by atoms with Gasteiger partial charge in [-0.25, -0.2) is 0 Å². The quantitative estimate of drug-likeness (QED) is 0.697. The zero-order valence-electron chi connectivity index (χ0n) is 11.6. The van der Waals surface area contributed by atoms with Crippen LogP contribution in [0.5, 0.6) is 0 Å². The Morgan fingerprint density at radius 1 is 1.31 bits per heavy atom. The summed E-state index contributed by atoms with van der Waals surface area (Å²) in [5.41, 5.74) is 0.408. The Kier molecular flexibility index (Phi) is 5.77. The van der Waals surface area contributed by atoms with E-state index in [4.69, 9.17) is 0 Å². The fourth-order valence-electron chi connectivity index (χ4n) is 2.57. The molecule has 0 aromatic carbocycles. The molecule has 0 bridgehead atoms. The van der Waals surface area contributed by atoms with Crippen molar-refractivity contribution in [3.05, 3.63) is 0 Å². The van der Waals surface area contributed by atoms with Crippen molar-refractivity contribution < 1.29 is 0 Å². The smallest absolute Gasteiger partial charge is 0.0306 e. The van der Waals surface area contributed by atoms with E-state index in [1.807, 2.05) is 0 Å². The van der Waals surface area contributed by atoms with Crippen molar-refractivity contribution in [3.8, 4) is 0 Å². The molecule has 1 aliphatic rings. The third-order valence-corrected chi connectivity index (χ3v) is 4.13. The molecule has 2 N–H and O–H groups in total. The van der Waals surface area contributed by atoms with Gasteiger partial charge in [0, 0.05) is 12.1 Å². The van der Waals surface area contributed by atoms with E-state index in [1.165, 1.54) is 32.2 Å². The lowest BCUT2D eigenvalue weighted by Gasteiger charge is -2.30. The van der Waals surface area contributed by atoms with Gasteiger partial charge >= 0.3 is 0 Å². The Morgan fingerprint density at radius 2 is 2.06 bits per heavy atom. The summed E-state index contributed by atoms with van der Waals surface area (Å²) >= 11 is 0. The minimum absolute atomic E-state index is 0.408. The first kappa shape index (κ1) is 14.0. The van der Waals surface area contributed by atoms with Crippen molar-refractivity contribution in [1.29, 1.82) is 0 Å². The number of nitrogens with one attached hydrogen (secondary N) is 2. The van der Waals surface area contributed by atoms with Gasteiger partial charge in [0.1, 0.15) is 0 Å². The fourth-order valence-corrected chi connectivity index (χ4v) is 2.57. The van der Waals surface area contributed by atoms with Crippen molar-refractivity contribution in [2.24, 2.45) is 11.8 Å². The van der Waals surface area contributed by atoms with Crippen LogP contribution in [0.3, 0.4) is 0 Å². The van der Waals surface area contributed by atoms with Crippen molar-refractivity contribution in [1.82, 2.24) is 10.6 Å². The Hall–Kier alpha value is -0.0800. The Bertz CT molecular complexity index is 183. The second kappa shape index (κ2) is 6.61. The van der Waals surface area contributed by atoms with Crippen LogP contribution in [-0.2, 0) is 0 Å². The Labute approximate surface area is 102 Å². The van der Waals surface area contributed by atoms with Gasteiger partial charge in [0.15, 0.2) is 0 Å². The van der Waals surface area contributed by atoms with Crippen LogP contribution in [0.4, 0.5) is 0 Å². The topological polar surface area (TPSA) is 24.1 Å². The van der Waals surface area contributed by atoms with Crippen molar-refractivity contribution in [3.63, 3.8) is 0 Å². The molecule has 16 heavy (non-hydrogen) atoms. The molecule has 0 aromatic heterocycles. The molecule has 2 nitrogen and oxygen atoms in total. The molecule has 1 heterocycles. The lowest BCUT2D eigenvalue weighted by atomic mass is 9.91. The zero-order chi connectivity index (χ0) is 12.0. The van der Waals surface area contributed by atoms with E-state index in [9.17, 15) is 0 Å². The highest BCUT2D eigenvalue weighted by atomic mass is 15.1. The first-order valence-electron chi connectivity index (χ1n) is 7.05. The molecule has 2 unspecified atom stereocenters. The van der Waals surface area contributed by atoms with Crippen molar-refractivity contribution >= 4 is 0 Å². The molecule has 96 valence electrons. The zero-order valence-corrected chi connectivity index (χ0v) is 11.6. The second-order valence-electron chi connectivity index (χ2n) is 5.91. The standard InChI is InChI=1S/C14H30N2/c1-5-7-14(8-6-9-16-14)11-15-10-13(4)12(2)3/h12-13,15-16H,5-11H2,1-4H3. The number of hydrogen-bond acceptors (Lipinski definition) is 2. The second-order valence-corrected chi connectivity index (χ2v) is 5.91. The van der Waals surface area contributed by atoms with E-state index in [2.05, 4.69) is 38.3 Å². The highest BCUT2D eigenvalue weighted by Crippen LogP contribution is 2.24. The third-order valence-electron chi connectivity index (χ3n) is 4.13. The number of rotatable bonds is 7. The predicted octanol–water partition coefficient (Wildman–Crippen LogP) is 2.79. The molecule has 2 heteroatoms. The molecular weight excluding hydrogens is 196 g/mol. The van der Waals surface area contributed by atoms with Gasteiger partial charge in [-0.05, 0) is 44.2 Å². The van der Waals surface area contributed by atoms with Crippen LogP contribution < -0.4 is 10.6 Å². The van der Waals surface area contributed by atoms with Gasteiger partial charge in [-0.1, -0.05) is 34.1 Å². The van der Waals surface area contributed by atoms with Crippen LogP contribution in [0.15, 0.2) is 0 Å². The molecule has 1 aliphatic heterocycles. The lowest BCUT2D eigenvalue weighted by Crippen LogP contribution is -2.49. The van der Waals surface area contributed by atoms with Crippen LogP contribution in [0.2, 0.25) is 0 Å². The minimum Gasteiger partial charge on any atom is -0.315 e. The van der Waals surface area contributed by atoms with E-state index in [0.717, 1.165) is 24.9 Å². The molecule has 1 saturated heterocycles. The van der Waals surface area contributed by atoms with E-state index in [1.54, 1.807) is 0 Å². The highest BCUT2D eigenvalue weighted by Gasteiger charge is 2.31. The summed E-state index contributed by atoms with van der Waals surface area (Å²) in [5.74, 6) is 1.56. The monoisotopic (exact) mass is 226 g/mol. The maximum atomic E-state index is 3.71. The van der Waals surface area contributed by atoms with Gasteiger partial charge in [-0.15, -0.1) is 0 Å². The molecular formula is C14H30N2. The molecule has 1 rings (SSSR count). The largest absolute Gasteiger partial charge is 0.315 e. The number of hydrogen-bond donors (Lipinski definition) is 2. The van der Waals surface area contributed by atoms with Gasteiger partial charge in [-0.3, -0.25) is 0 Å². The van der Waals surface area contributed by atoms with Gasteiger partial charge in [-0.2, -0.15) is 0 Å². The fraction of sp³-hybridized carbons (Fsp3) is 1.00. The van der Waals surface area contributed by atoms with Gasteiger partial charge in [0.05, 0.1) is 0 Å². The highest BCUT2D eigenvalue weighted by molar-refractivity contribution is 4.94. The summed E-state index contributed by atoms with van der Waals surface area (Å²) in [6, 6.07) is 0. The van der Waals surface area contributed by atoms with Crippen LogP contribution in [0.1, 0.15) is 53.4 Å². The minimum atomic E-state index is 0.408. The Morgan fingerprint density at radius 3 is 2.56 bits per heavy atom. The average molecular weight is 226 g/mol. The normalized spacial score (nSPS) is 27.6. The predicted molar refractivity (Wildman–Crippen MR) is 71.7 cm³/mol. The molecule has 0 radical (unpaired) electrons. The van der Waals surface area contributed by atoms with Crippen LogP contribution in [0, 0.1) is 11.8 Å². The molecule has 2 atom stereocenters. The van der Waals surface area contributed by atoms with Gasteiger partial charge in [0.25, 0.3) is 0 Å². The molecule has 0 amide bonds. The van der Waals surface area contributed by atoms with Crippen LogP contribution in [0.25, 0.3) is 0 Å². The molecule has 1 fully saturated rings. The lowest BCUT2D eigenvalue weighted by molar-refractivity contribution is 0.304. The first-order chi connectivity index (χ1) is 7.59. The SMILES string of the molecule is CCCC1(CNCC(C)C(C)C)CCCN1. The van der Waals surface area contributed by atoms with Crippen LogP contribution in [-0.4, -0.2) is 25.2 Å². The van der Waals surface area contributed by atoms with E-state index in [0.29, 0.717) is 5.54 Å². The van der Waals surface area contributed by atoms with Gasteiger partial charge in [0.2, 0.25) is 0 Å². The maximum Gasteiger partial charge on any atom is 0.0306 e. The van der Waals surface area contributed by atoms with Gasteiger partial charge < -0.3 is 10.6 Å². The molecule has 0 aliphatic carbocycles. The van der Waals surface area contributed by atoms with Crippen molar-refractivity contribution in [2.45, 2.75) is 58.9 Å². The summed E-state index contributed by atoms with van der Waals surface area (Å²) in [6.07, 6.45) is 5.30. The maximum absolute atomic E-state index is 3.71.